The van der Waals surface area contributed by atoms with Crippen molar-refractivity contribution in [2.75, 3.05) is 24.6 Å². The van der Waals surface area contributed by atoms with Crippen LogP contribution in [0.4, 0.5) is 5.69 Å². The lowest BCUT2D eigenvalue weighted by Gasteiger charge is -2.34. The summed E-state index contributed by atoms with van der Waals surface area (Å²) in [4.78, 5) is 14.3. The molecule has 8 nitrogen and oxygen atoms in total. The van der Waals surface area contributed by atoms with Gasteiger partial charge in [0.05, 0.1) is 31.4 Å². The number of phosphoric acid groups is 1. The number of nitrogens with zero attached hydrogens (tertiary/aromatic N) is 2. The first-order valence-corrected chi connectivity index (χ1v) is 14.4. The highest BCUT2D eigenvalue weighted by atomic mass is 31.2. The summed E-state index contributed by atoms with van der Waals surface area (Å²) in [6.45, 7) is 2.41. The highest BCUT2D eigenvalue weighted by molar-refractivity contribution is 7.48. The molecule has 0 saturated carbocycles. The fraction of sp³-hybridized carbons (Fsp3) is 0.310. The molecule has 1 saturated heterocycles. The topological polar surface area (TPSA) is 93.8 Å². The maximum atomic E-state index is 13.5. The van der Waals surface area contributed by atoms with Gasteiger partial charge in [-0.1, -0.05) is 60.7 Å². The van der Waals surface area contributed by atoms with Crippen LogP contribution in [0.5, 0.6) is 0 Å². The number of hydrogen-bond acceptors (Lipinski definition) is 7. The summed E-state index contributed by atoms with van der Waals surface area (Å²) in [5.74, 6) is 0.452. The molecule has 3 aromatic carbocycles. The minimum atomic E-state index is -3.75. The molecule has 0 aliphatic carbocycles. The molecule has 0 bridgehead atoms. The van der Waals surface area contributed by atoms with Crippen molar-refractivity contribution in [2.45, 2.75) is 32.5 Å². The third-order valence-corrected chi connectivity index (χ3v) is 8.26. The summed E-state index contributed by atoms with van der Waals surface area (Å²) in [5.41, 5.74) is 2.72. The molecule has 2 heterocycles. The second-order valence-corrected chi connectivity index (χ2v) is 11.2. The van der Waals surface area contributed by atoms with E-state index in [9.17, 15) is 9.36 Å². The Kier molecular flexibility index (Phi) is 8.66. The zero-order chi connectivity index (χ0) is 26.2. The number of piperidine rings is 1. The zero-order valence-corrected chi connectivity index (χ0v) is 22.1. The van der Waals surface area contributed by atoms with Crippen LogP contribution in [0, 0.1) is 5.92 Å². The molecule has 0 atom stereocenters. The van der Waals surface area contributed by atoms with Gasteiger partial charge in [0.25, 0.3) is 5.56 Å². The van der Waals surface area contributed by atoms with Crippen LogP contribution in [0.1, 0.15) is 30.4 Å². The van der Waals surface area contributed by atoms with Crippen LogP contribution in [0.2, 0.25) is 0 Å². The fourth-order valence-corrected chi connectivity index (χ4v) is 5.83. The number of anilines is 1. The molecule has 4 aromatic rings. The highest BCUT2D eigenvalue weighted by Gasteiger charge is 2.28. The van der Waals surface area contributed by atoms with Crippen molar-refractivity contribution in [1.29, 1.82) is 0 Å². The van der Waals surface area contributed by atoms with Crippen molar-refractivity contribution in [3.8, 4) is 0 Å². The monoisotopic (exact) mass is 533 g/mol. The number of hydrogen-bond donors (Lipinski definition) is 1. The minimum absolute atomic E-state index is 0.151. The van der Waals surface area contributed by atoms with E-state index >= 15 is 0 Å². The summed E-state index contributed by atoms with van der Waals surface area (Å²) in [6.07, 6.45) is 4.45. The molecule has 1 aliphatic rings. The first-order valence-electron chi connectivity index (χ1n) is 12.9. The van der Waals surface area contributed by atoms with Crippen LogP contribution >= 0.6 is 7.82 Å². The number of nitrogens with one attached hydrogen (secondary N) is 1. The number of benzene rings is 3. The number of phosphoric ester groups is 1. The minimum Gasteiger partial charge on any atom is -0.371 e. The van der Waals surface area contributed by atoms with Crippen LogP contribution in [-0.2, 0) is 31.4 Å². The van der Waals surface area contributed by atoms with Gasteiger partial charge in [-0.25, -0.2) is 9.66 Å². The molecular formula is C29H32N3O5P. The van der Waals surface area contributed by atoms with Gasteiger partial charge < -0.3 is 4.90 Å². The van der Waals surface area contributed by atoms with E-state index in [0.717, 1.165) is 54.6 Å². The summed E-state index contributed by atoms with van der Waals surface area (Å²) in [5, 5.41) is 7.86. The van der Waals surface area contributed by atoms with Gasteiger partial charge in [-0.2, -0.15) is 5.10 Å². The highest BCUT2D eigenvalue weighted by Crippen LogP contribution is 2.51. The van der Waals surface area contributed by atoms with Crippen molar-refractivity contribution in [2.24, 2.45) is 5.92 Å². The normalized spacial score (nSPS) is 14.7. The standard InChI is InChI=1S/C29H32N3O5P/c33-29-28-12-11-27(19-26(28)20-30-31-29)32-16-13-23(14-17-32)15-18-35-38(34,36-21-24-7-3-1-4-8-24)37-22-25-9-5-2-6-10-25/h1-12,19-20,23H,13-18,21-22H2,(H,31,33). The molecule has 0 unspecified atom stereocenters. The number of H-pyrrole nitrogens is 1. The molecule has 0 spiro atoms. The predicted molar refractivity (Wildman–Crippen MR) is 148 cm³/mol. The van der Waals surface area contributed by atoms with E-state index in [-0.39, 0.29) is 18.8 Å². The lowest BCUT2D eigenvalue weighted by atomic mass is 9.93. The summed E-state index contributed by atoms with van der Waals surface area (Å²) in [7, 11) is -3.75. The Labute approximate surface area is 222 Å². The van der Waals surface area contributed by atoms with Crippen LogP contribution in [0.15, 0.2) is 89.9 Å². The smallest absolute Gasteiger partial charge is 0.371 e. The van der Waals surface area contributed by atoms with Crippen molar-refractivity contribution in [3.05, 3.63) is 107 Å². The SMILES string of the molecule is O=c1[nH]ncc2cc(N3CCC(CCOP(=O)(OCc4ccccc4)OCc4ccccc4)CC3)ccc12. The predicted octanol–water partition coefficient (Wildman–Crippen LogP) is 6.09. The van der Waals surface area contributed by atoms with Gasteiger partial charge in [0.2, 0.25) is 0 Å². The second kappa shape index (κ2) is 12.5. The number of rotatable bonds is 11. The largest absolute Gasteiger partial charge is 0.475 e. The number of fused-ring (bicyclic) bond motifs is 1. The molecule has 1 fully saturated rings. The third-order valence-electron chi connectivity index (χ3n) is 6.87. The van der Waals surface area contributed by atoms with E-state index < -0.39 is 7.82 Å². The van der Waals surface area contributed by atoms with Crippen LogP contribution in [-0.4, -0.2) is 29.9 Å². The van der Waals surface area contributed by atoms with Gasteiger partial charge in [-0.15, -0.1) is 0 Å². The lowest BCUT2D eigenvalue weighted by Crippen LogP contribution is -2.34. The van der Waals surface area contributed by atoms with Gasteiger partial charge in [-0.3, -0.25) is 18.4 Å². The Morgan fingerprint density at radius 3 is 2.13 bits per heavy atom. The molecule has 38 heavy (non-hydrogen) atoms. The average molecular weight is 534 g/mol. The maximum absolute atomic E-state index is 13.5. The third kappa shape index (κ3) is 6.97. The fourth-order valence-electron chi connectivity index (χ4n) is 4.66. The Balaban J connectivity index is 1.13. The Hall–Kier alpha value is -3.29. The molecule has 1 aromatic heterocycles. The second-order valence-electron chi connectivity index (χ2n) is 9.49. The lowest BCUT2D eigenvalue weighted by molar-refractivity contribution is 0.0970. The van der Waals surface area contributed by atoms with Crippen LogP contribution in [0.3, 0.4) is 0 Å². The zero-order valence-electron chi connectivity index (χ0n) is 21.2. The molecule has 9 heteroatoms. The molecule has 0 radical (unpaired) electrons. The van der Waals surface area contributed by atoms with E-state index in [1.54, 1.807) is 6.20 Å². The Bertz CT molecular complexity index is 1380. The van der Waals surface area contributed by atoms with E-state index in [4.69, 9.17) is 13.6 Å². The first kappa shape index (κ1) is 26.3. The summed E-state index contributed by atoms with van der Waals surface area (Å²) < 4.78 is 30.7. The molecule has 1 aliphatic heterocycles. The first-order chi connectivity index (χ1) is 18.6. The molecule has 198 valence electrons. The van der Waals surface area contributed by atoms with Crippen molar-refractivity contribution in [1.82, 2.24) is 10.2 Å². The maximum Gasteiger partial charge on any atom is 0.475 e. The van der Waals surface area contributed by atoms with Crippen molar-refractivity contribution >= 4 is 24.3 Å². The van der Waals surface area contributed by atoms with Gasteiger partial charge in [0.1, 0.15) is 0 Å². The van der Waals surface area contributed by atoms with E-state index in [1.165, 1.54) is 0 Å². The van der Waals surface area contributed by atoms with E-state index in [0.29, 0.717) is 17.9 Å². The van der Waals surface area contributed by atoms with Crippen molar-refractivity contribution in [3.63, 3.8) is 0 Å². The molecular weight excluding hydrogens is 501 g/mol. The Morgan fingerprint density at radius 1 is 0.868 bits per heavy atom. The summed E-state index contributed by atoms with van der Waals surface area (Å²) in [6, 6.07) is 25.0. The van der Waals surface area contributed by atoms with Gasteiger partial charge in [0.15, 0.2) is 0 Å². The van der Waals surface area contributed by atoms with Gasteiger partial charge >= 0.3 is 7.82 Å². The molecule has 0 amide bonds. The molecule has 5 rings (SSSR count). The average Bonchev–Trinajstić information content (AvgIpc) is 2.97. The quantitative estimate of drug-likeness (QED) is 0.233. The van der Waals surface area contributed by atoms with E-state index in [2.05, 4.69) is 15.1 Å². The van der Waals surface area contributed by atoms with Crippen molar-refractivity contribution < 1.29 is 18.1 Å². The summed E-state index contributed by atoms with van der Waals surface area (Å²) >= 11 is 0. The van der Waals surface area contributed by atoms with Crippen LogP contribution < -0.4 is 10.5 Å². The van der Waals surface area contributed by atoms with Crippen LogP contribution in [0.25, 0.3) is 10.8 Å². The number of aromatic amines is 1. The van der Waals surface area contributed by atoms with Gasteiger partial charge in [-0.05, 0) is 54.5 Å². The van der Waals surface area contributed by atoms with E-state index in [1.807, 2.05) is 78.9 Å². The number of aromatic nitrogens is 2. The molecule has 1 N–H and O–H groups in total. The van der Waals surface area contributed by atoms with Gasteiger partial charge in [0, 0.05) is 24.2 Å². The Morgan fingerprint density at radius 2 is 1.50 bits per heavy atom.